The second kappa shape index (κ2) is 12.1. The molecule has 2 rings (SSSR count). The maximum atomic E-state index is 11.8. The van der Waals surface area contributed by atoms with Crippen molar-refractivity contribution in [2.24, 2.45) is 11.7 Å². The fourth-order valence-corrected chi connectivity index (χ4v) is 3.65. The Hall–Kier alpha value is -0.330. The van der Waals surface area contributed by atoms with Crippen LogP contribution in [0, 0.1) is 5.92 Å². The SMILES string of the molecule is CC1CCN(C(CNC(=O)CCCN)c2cccs2)CC1.Cl.Cl. The Labute approximate surface area is 156 Å². The fourth-order valence-electron chi connectivity index (χ4n) is 2.79. The molecule has 23 heavy (non-hydrogen) atoms. The predicted molar refractivity (Wildman–Crippen MR) is 103 cm³/mol. The summed E-state index contributed by atoms with van der Waals surface area (Å²) in [6, 6.07) is 4.59. The molecule has 0 aliphatic carbocycles. The molecule has 0 spiro atoms. The molecule has 0 bridgehead atoms. The molecule has 0 aromatic carbocycles. The third-order valence-electron chi connectivity index (χ3n) is 4.23. The Morgan fingerprint density at radius 3 is 2.70 bits per heavy atom. The second-order valence-electron chi connectivity index (χ2n) is 5.95. The minimum Gasteiger partial charge on any atom is -0.354 e. The number of piperidine rings is 1. The van der Waals surface area contributed by atoms with E-state index in [2.05, 4.69) is 34.7 Å². The van der Waals surface area contributed by atoms with Crippen molar-refractivity contribution >= 4 is 42.1 Å². The van der Waals surface area contributed by atoms with Crippen molar-refractivity contribution in [2.75, 3.05) is 26.2 Å². The number of carbonyl (C=O) groups excluding carboxylic acids is 1. The van der Waals surface area contributed by atoms with Gasteiger partial charge >= 0.3 is 0 Å². The van der Waals surface area contributed by atoms with Gasteiger partial charge in [-0.3, -0.25) is 9.69 Å². The average molecular weight is 382 g/mol. The average Bonchev–Trinajstić information content (AvgIpc) is 3.01. The molecule has 3 N–H and O–H groups in total. The van der Waals surface area contributed by atoms with Crippen LogP contribution >= 0.6 is 36.2 Å². The molecule has 1 amide bonds. The summed E-state index contributed by atoms with van der Waals surface area (Å²) in [6.45, 7) is 5.86. The topological polar surface area (TPSA) is 58.4 Å². The lowest BCUT2D eigenvalue weighted by Gasteiger charge is -2.36. The Morgan fingerprint density at radius 1 is 1.43 bits per heavy atom. The number of likely N-dealkylation sites (tertiary alicyclic amines) is 1. The zero-order valence-electron chi connectivity index (χ0n) is 13.7. The number of carbonyl (C=O) groups is 1. The quantitative estimate of drug-likeness (QED) is 0.761. The van der Waals surface area contributed by atoms with Gasteiger partial charge in [-0.2, -0.15) is 0 Å². The number of amides is 1. The van der Waals surface area contributed by atoms with Crippen LogP contribution in [-0.2, 0) is 4.79 Å². The third-order valence-corrected chi connectivity index (χ3v) is 5.20. The highest BCUT2D eigenvalue weighted by atomic mass is 35.5. The predicted octanol–water partition coefficient (Wildman–Crippen LogP) is 3.22. The van der Waals surface area contributed by atoms with Gasteiger partial charge in [0.05, 0.1) is 6.04 Å². The molecule has 0 saturated carbocycles. The first-order valence-corrected chi connectivity index (χ1v) is 8.83. The van der Waals surface area contributed by atoms with E-state index in [0.717, 1.165) is 25.4 Å². The molecule has 1 saturated heterocycles. The minimum atomic E-state index is 0. The first-order valence-electron chi connectivity index (χ1n) is 7.95. The zero-order valence-corrected chi connectivity index (χ0v) is 16.2. The van der Waals surface area contributed by atoms with E-state index in [1.54, 1.807) is 11.3 Å². The number of nitrogens with zero attached hydrogens (tertiary/aromatic N) is 1. The molecule has 1 atom stereocenters. The van der Waals surface area contributed by atoms with Crippen LogP contribution in [0.25, 0.3) is 0 Å². The number of thiophene rings is 1. The van der Waals surface area contributed by atoms with Crippen molar-refractivity contribution in [3.8, 4) is 0 Å². The summed E-state index contributed by atoms with van der Waals surface area (Å²) in [6.07, 6.45) is 3.80. The number of rotatable bonds is 7. The molecule has 134 valence electrons. The fraction of sp³-hybridized carbons (Fsp3) is 0.688. The molecule has 7 heteroatoms. The molecule has 1 unspecified atom stereocenters. The highest BCUT2D eigenvalue weighted by molar-refractivity contribution is 7.10. The lowest BCUT2D eigenvalue weighted by Crippen LogP contribution is -2.41. The summed E-state index contributed by atoms with van der Waals surface area (Å²) >= 11 is 1.78. The zero-order chi connectivity index (χ0) is 15.1. The van der Waals surface area contributed by atoms with E-state index < -0.39 is 0 Å². The van der Waals surface area contributed by atoms with Crippen LogP contribution in [-0.4, -0.2) is 37.0 Å². The van der Waals surface area contributed by atoms with E-state index in [1.165, 1.54) is 17.7 Å². The van der Waals surface area contributed by atoms with Crippen LogP contribution in [0.3, 0.4) is 0 Å². The number of nitrogens with one attached hydrogen (secondary N) is 1. The van der Waals surface area contributed by atoms with Crippen LogP contribution in [0.15, 0.2) is 17.5 Å². The van der Waals surface area contributed by atoms with Crippen LogP contribution in [0.1, 0.15) is 43.5 Å². The Balaban J connectivity index is 0.00000242. The number of nitrogens with two attached hydrogens (primary N) is 1. The Kier molecular flexibility index (Phi) is 11.9. The Morgan fingerprint density at radius 2 is 2.13 bits per heavy atom. The standard InChI is InChI=1S/C16H27N3OS.2ClH/c1-13-6-9-19(10-7-13)14(15-4-3-11-21-15)12-18-16(20)5-2-8-17;;/h3-4,11,13-14H,2,5-10,12,17H2,1H3,(H,18,20);2*1H. The van der Waals surface area contributed by atoms with E-state index in [1.807, 2.05) is 0 Å². The second-order valence-corrected chi connectivity index (χ2v) is 6.93. The lowest BCUT2D eigenvalue weighted by atomic mass is 9.97. The summed E-state index contributed by atoms with van der Waals surface area (Å²) in [5.74, 6) is 0.941. The minimum absolute atomic E-state index is 0. The van der Waals surface area contributed by atoms with Crippen LogP contribution in [0.2, 0.25) is 0 Å². The summed E-state index contributed by atoms with van der Waals surface area (Å²) in [5, 5.41) is 5.20. The van der Waals surface area contributed by atoms with Gasteiger partial charge in [-0.15, -0.1) is 36.2 Å². The molecular weight excluding hydrogens is 353 g/mol. The highest BCUT2D eigenvalue weighted by Gasteiger charge is 2.25. The molecule has 1 fully saturated rings. The van der Waals surface area contributed by atoms with Gasteiger partial charge in [0.25, 0.3) is 0 Å². The van der Waals surface area contributed by atoms with Crippen molar-refractivity contribution in [1.82, 2.24) is 10.2 Å². The summed E-state index contributed by atoms with van der Waals surface area (Å²) in [7, 11) is 0. The van der Waals surface area contributed by atoms with Gasteiger partial charge in [-0.05, 0) is 56.3 Å². The first-order chi connectivity index (χ1) is 10.2. The smallest absolute Gasteiger partial charge is 0.220 e. The van der Waals surface area contributed by atoms with Crippen LogP contribution in [0.4, 0.5) is 0 Å². The van der Waals surface area contributed by atoms with Crippen molar-refractivity contribution in [3.05, 3.63) is 22.4 Å². The number of halogens is 2. The maximum Gasteiger partial charge on any atom is 0.220 e. The first kappa shape index (κ1) is 22.7. The molecule has 0 radical (unpaired) electrons. The van der Waals surface area contributed by atoms with Gasteiger partial charge in [0.1, 0.15) is 0 Å². The van der Waals surface area contributed by atoms with E-state index in [9.17, 15) is 4.79 Å². The van der Waals surface area contributed by atoms with Gasteiger partial charge in [0.2, 0.25) is 5.91 Å². The van der Waals surface area contributed by atoms with E-state index in [-0.39, 0.29) is 30.7 Å². The van der Waals surface area contributed by atoms with E-state index >= 15 is 0 Å². The van der Waals surface area contributed by atoms with Crippen LogP contribution in [0.5, 0.6) is 0 Å². The Bertz CT molecular complexity index is 423. The van der Waals surface area contributed by atoms with E-state index in [4.69, 9.17) is 5.73 Å². The number of hydrogen-bond donors (Lipinski definition) is 2. The third kappa shape index (κ3) is 7.40. The maximum absolute atomic E-state index is 11.8. The van der Waals surface area contributed by atoms with Gasteiger partial charge in [0, 0.05) is 17.8 Å². The van der Waals surface area contributed by atoms with Gasteiger partial charge < -0.3 is 11.1 Å². The molecule has 1 aromatic heterocycles. The lowest BCUT2D eigenvalue weighted by molar-refractivity contribution is -0.121. The van der Waals surface area contributed by atoms with Crippen molar-refractivity contribution in [1.29, 1.82) is 0 Å². The normalized spacial score (nSPS) is 17.0. The van der Waals surface area contributed by atoms with E-state index in [0.29, 0.717) is 25.6 Å². The monoisotopic (exact) mass is 381 g/mol. The highest BCUT2D eigenvalue weighted by Crippen LogP contribution is 2.29. The molecule has 1 aliphatic heterocycles. The molecule has 1 aromatic rings. The summed E-state index contributed by atoms with van der Waals surface area (Å²) < 4.78 is 0. The van der Waals surface area contributed by atoms with Crippen molar-refractivity contribution < 1.29 is 4.79 Å². The molecular formula is C16H29Cl2N3OS. The number of hydrogen-bond acceptors (Lipinski definition) is 4. The molecule has 1 aliphatic rings. The molecule has 2 heterocycles. The van der Waals surface area contributed by atoms with Crippen molar-refractivity contribution in [3.63, 3.8) is 0 Å². The van der Waals surface area contributed by atoms with Crippen molar-refractivity contribution in [2.45, 2.75) is 38.6 Å². The summed E-state index contributed by atoms with van der Waals surface area (Å²) in [4.78, 5) is 15.7. The van der Waals surface area contributed by atoms with Crippen LogP contribution < -0.4 is 11.1 Å². The van der Waals surface area contributed by atoms with Gasteiger partial charge in [-0.25, -0.2) is 0 Å². The largest absolute Gasteiger partial charge is 0.354 e. The van der Waals surface area contributed by atoms with Gasteiger partial charge in [0.15, 0.2) is 0 Å². The molecule has 4 nitrogen and oxygen atoms in total. The van der Waals surface area contributed by atoms with Gasteiger partial charge in [-0.1, -0.05) is 13.0 Å². The summed E-state index contributed by atoms with van der Waals surface area (Å²) in [5.41, 5.74) is 5.45.